The summed E-state index contributed by atoms with van der Waals surface area (Å²) in [7, 11) is 0. The van der Waals surface area contributed by atoms with Crippen molar-refractivity contribution in [1.29, 1.82) is 0 Å². The summed E-state index contributed by atoms with van der Waals surface area (Å²) < 4.78 is 1.50. The number of carboxylic acid groups (broad SMARTS) is 1. The van der Waals surface area contributed by atoms with Crippen LogP contribution in [0.2, 0.25) is 0 Å². The van der Waals surface area contributed by atoms with Crippen LogP contribution in [0.1, 0.15) is 24.6 Å². The van der Waals surface area contributed by atoms with Crippen LogP contribution in [0.4, 0.5) is 0 Å². The minimum atomic E-state index is -0.824. The van der Waals surface area contributed by atoms with Gasteiger partial charge in [-0.2, -0.15) is 0 Å². The van der Waals surface area contributed by atoms with E-state index in [1.165, 1.54) is 10.5 Å². The third-order valence-corrected chi connectivity index (χ3v) is 3.35. The molecule has 6 heteroatoms. The first kappa shape index (κ1) is 15.2. The van der Waals surface area contributed by atoms with E-state index in [1.54, 1.807) is 6.20 Å². The van der Waals surface area contributed by atoms with Gasteiger partial charge in [0, 0.05) is 25.4 Å². The molecular formula is C15H19N3O3. The maximum atomic E-state index is 12.1. The van der Waals surface area contributed by atoms with Gasteiger partial charge in [0.25, 0.3) is 5.56 Å². The molecule has 6 nitrogen and oxygen atoms in total. The maximum Gasteiger partial charge on any atom is 0.304 e. The highest BCUT2D eigenvalue weighted by Crippen LogP contribution is 2.06. The van der Waals surface area contributed by atoms with Crippen molar-refractivity contribution in [3.05, 3.63) is 46.0 Å². The van der Waals surface area contributed by atoms with Crippen LogP contribution in [-0.4, -0.2) is 38.4 Å². The lowest BCUT2D eigenvalue weighted by molar-refractivity contribution is -0.137. The quantitative estimate of drug-likeness (QED) is 0.867. The number of hydrogen-bond acceptors (Lipinski definition) is 4. The fourth-order valence-electron chi connectivity index (χ4n) is 2.17. The van der Waals surface area contributed by atoms with Crippen LogP contribution < -0.4 is 5.56 Å². The largest absolute Gasteiger partial charge is 0.481 e. The monoisotopic (exact) mass is 289 g/mol. The van der Waals surface area contributed by atoms with E-state index in [4.69, 9.17) is 5.11 Å². The molecule has 0 fully saturated rings. The van der Waals surface area contributed by atoms with Crippen molar-refractivity contribution in [3.8, 4) is 0 Å². The van der Waals surface area contributed by atoms with Gasteiger partial charge in [0.15, 0.2) is 0 Å². The van der Waals surface area contributed by atoms with E-state index < -0.39 is 5.97 Å². The van der Waals surface area contributed by atoms with Gasteiger partial charge in [-0.25, -0.2) is 4.98 Å². The summed E-state index contributed by atoms with van der Waals surface area (Å²) in [6.45, 7) is 5.54. The van der Waals surface area contributed by atoms with Crippen LogP contribution in [0.25, 0.3) is 5.65 Å². The third kappa shape index (κ3) is 3.88. The summed E-state index contributed by atoms with van der Waals surface area (Å²) in [6.07, 6.45) is 1.80. The molecule has 1 N–H and O–H groups in total. The lowest BCUT2D eigenvalue weighted by Crippen LogP contribution is -2.27. The minimum absolute atomic E-state index is 0.0828. The molecule has 2 rings (SSSR count). The molecule has 0 saturated carbocycles. The summed E-state index contributed by atoms with van der Waals surface area (Å²) in [4.78, 5) is 29.1. The van der Waals surface area contributed by atoms with E-state index in [9.17, 15) is 9.59 Å². The molecule has 0 bridgehead atoms. The highest BCUT2D eigenvalue weighted by Gasteiger charge is 2.09. The van der Waals surface area contributed by atoms with Gasteiger partial charge in [0.1, 0.15) is 5.65 Å². The van der Waals surface area contributed by atoms with Crippen LogP contribution in [0.3, 0.4) is 0 Å². The Morgan fingerprint density at radius 2 is 2.19 bits per heavy atom. The van der Waals surface area contributed by atoms with Gasteiger partial charge in [0.2, 0.25) is 0 Å². The smallest absolute Gasteiger partial charge is 0.304 e. The van der Waals surface area contributed by atoms with Crippen molar-refractivity contribution < 1.29 is 9.90 Å². The molecule has 0 unspecified atom stereocenters. The Morgan fingerprint density at radius 1 is 1.43 bits per heavy atom. The van der Waals surface area contributed by atoms with Gasteiger partial charge < -0.3 is 5.11 Å². The molecule has 0 aliphatic rings. The van der Waals surface area contributed by atoms with Gasteiger partial charge in [-0.05, 0) is 31.2 Å². The normalized spacial score (nSPS) is 11.2. The highest BCUT2D eigenvalue weighted by atomic mass is 16.4. The van der Waals surface area contributed by atoms with Crippen LogP contribution >= 0.6 is 0 Å². The Kier molecular flexibility index (Phi) is 4.70. The highest BCUT2D eigenvalue weighted by molar-refractivity contribution is 5.66. The number of carbonyl (C=O) groups is 1. The van der Waals surface area contributed by atoms with E-state index >= 15 is 0 Å². The fourth-order valence-corrected chi connectivity index (χ4v) is 2.17. The number of hydrogen-bond donors (Lipinski definition) is 1. The summed E-state index contributed by atoms with van der Waals surface area (Å²) in [6, 6.07) is 5.23. The van der Waals surface area contributed by atoms with Crippen LogP contribution in [0, 0.1) is 6.92 Å². The maximum absolute atomic E-state index is 12.1. The molecule has 0 aliphatic heterocycles. The number of aromatic nitrogens is 2. The Labute approximate surface area is 122 Å². The molecule has 0 aromatic carbocycles. The lowest BCUT2D eigenvalue weighted by atomic mass is 10.3. The molecule has 0 amide bonds. The second kappa shape index (κ2) is 6.49. The molecule has 0 spiro atoms. The predicted molar refractivity (Wildman–Crippen MR) is 79.4 cm³/mol. The van der Waals surface area contributed by atoms with Crippen LogP contribution in [0.5, 0.6) is 0 Å². The zero-order chi connectivity index (χ0) is 15.4. The zero-order valence-corrected chi connectivity index (χ0v) is 12.2. The molecule has 2 aromatic heterocycles. The van der Waals surface area contributed by atoms with Crippen molar-refractivity contribution >= 4 is 11.6 Å². The Bertz CT molecular complexity index is 709. The number of pyridine rings is 1. The van der Waals surface area contributed by atoms with Crippen molar-refractivity contribution in [3.63, 3.8) is 0 Å². The van der Waals surface area contributed by atoms with Crippen LogP contribution in [-0.2, 0) is 11.3 Å². The average molecular weight is 289 g/mol. The zero-order valence-electron chi connectivity index (χ0n) is 12.2. The first-order chi connectivity index (χ1) is 9.99. The van der Waals surface area contributed by atoms with E-state index in [1.807, 2.05) is 30.9 Å². The number of fused-ring (bicyclic) bond motifs is 1. The number of aryl methyl sites for hydroxylation is 1. The molecule has 0 atom stereocenters. The Balaban J connectivity index is 2.25. The van der Waals surface area contributed by atoms with Crippen molar-refractivity contribution in [2.45, 2.75) is 26.8 Å². The Hall–Kier alpha value is -2.21. The second-order valence-electron chi connectivity index (χ2n) is 5.03. The molecule has 0 aliphatic carbocycles. The van der Waals surface area contributed by atoms with Crippen molar-refractivity contribution in [1.82, 2.24) is 14.3 Å². The van der Waals surface area contributed by atoms with Crippen molar-refractivity contribution in [2.24, 2.45) is 0 Å². The molecule has 2 aromatic rings. The SMILES string of the molecule is CCN(CCC(=O)O)Cc1cc(=O)n2ccc(C)cc2n1. The number of aliphatic carboxylic acids is 1. The summed E-state index contributed by atoms with van der Waals surface area (Å²) in [5.41, 5.74) is 2.20. The number of rotatable bonds is 6. The van der Waals surface area contributed by atoms with Gasteiger partial charge in [0.05, 0.1) is 12.1 Å². The fraction of sp³-hybridized carbons (Fsp3) is 0.400. The van der Waals surface area contributed by atoms with E-state index in [0.29, 0.717) is 31.0 Å². The molecule has 112 valence electrons. The molecular weight excluding hydrogens is 270 g/mol. The standard InChI is InChI=1S/C15H19N3O3/c1-3-17(6-5-15(20)21)10-12-9-14(19)18-7-4-11(2)8-13(18)16-12/h4,7-9H,3,5-6,10H2,1-2H3,(H,20,21). The molecule has 0 saturated heterocycles. The average Bonchev–Trinajstić information content (AvgIpc) is 2.42. The minimum Gasteiger partial charge on any atom is -0.481 e. The van der Waals surface area contributed by atoms with Gasteiger partial charge >= 0.3 is 5.97 Å². The molecule has 21 heavy (non-hydrogen) atoms. The van der Waals surface area contributed by atoms with E-state index in [0.717, 1.165) is 5.56 Å². The third-order valence-electron chi connectivity index (χ3n) is 3.35. The summed E-state index contributed by atoms with van der Waals surface area (Å²) in [5, 5.41) is 8.74. The number of carboxylic acids is 1. The first-order valence-corrected chi connectivity index (χ1v) is 6.92. The lowest BCUT2D eigenvalue weighted by Gasteiger charge is -2.18. The molecule has 0 radical (unpaired) electrons. The number of nitrogens with zero attached hydrogens (tertiary/aromatic N) is 3. The second-order valence-corrected chi connectivity index (χ2v) is 5.03. The van der Waals surface area contributed by atoms with Gasteiger partial charge in [-0.15, -0.1) is 0 Å². The van der Waals surface area contributed by atoms with E-state index in [2.05, 4.69) is 4.98 Å². The first-order valence-electron chi connectivity index (χ1n) is 6.92. The van der Waals surface area contributed by atoms with Gasteiger partial charge in [-0.3, -0.25) is 18.9 Å². The summed E-state index contributed by atoms with van der Waals surface area (Å²) >= 11 is 0. The van der Waals surface area contributed by atoms with E-state index in [-0.39, 0.29) is 12.0 Å². The Morgan fingerprint density at radius 3 is 2.86 bits per heavy atom. The van der Waals surface area contributed by atoms with Crippen LogP contribution in [0.15, 0.2) is 29.2 Å². The summed E-state index contributed by atoms with van der Waals surface area (Å²) in [5.74, 6) is -0.824. The topological polar surface area (TPSA) is 74.9 Å². The predicted octanol–water partition coefficient (Wildman–Crippen LogP) is 1.30. The van der Waals surface area contributed by atoms with Crippen molar-refractivity contribution in [2.75, 3.05) is 13.1 Å². The van der Waals surface area contributed by atoms with Gasteiger partial charge in [-0.1, -0.05) is 6.92 Å². The molecule has 2 heterocycles.